The molecule has 136 valence electrons. The Morgan fingerprint density at radius 1 is 1.19 bits per heavy atom. The first kappa shape index (κ1) is 17.2. The molecule has 4 rings (SSSR count). The Morgan fingerprint density at radius 3 is 2.88 bits per heavy atom. The van der Waals surface area contributed by atoms with Crippen LogP contribution in [0, 0.1) is 11.8 Å². The van der Waals surface area contributed by atoms with Gasteiger partial charge in [-0.05, 0) is 43.0 Å². The summed E-state index contributed by atoms with van der Waals surface area (Å²) in [5.74, 6) is 2.20. The van der Waals surface area contributed by atoms with Crippen LogP contribution in [0.2, 0.25) is 5.02 Å². The van der Waals surface area contributed by atoms with Gasteiger partial charge in [-0.2, -0.15) is 0 Å². The predicted octanol–water partition coefficient (Wildman–Crippen LogP) is 3.43. The summed E-state index contributed by atoms with van der Waals surface area (Å²) in [4.78, 5) is 18.4. The van der Waals surface area contributed by atoms with E-state index in [1.165, 1.54) is 0 Å². The normalized spacial score (nSPS) is 24.3. The van der Waals surface area contributed by atoms with Crippen LogP contribution in [0.5, 0.6) is 11.5 Å². The molecule has 0 spiro atoms. The highest BCUT2D eigenvalue weighted by Crippen LogP contribution is 2.41. The van der Waals surface area contributed by atoms with Crippen LogP contribution in [0.25, 0.3) is 0 Å². The Bertz CT molecular complexity index is 771. The number of rotatable bonds is 5. The number of carbonyl (C=O) groups excluding carboxylic acids is 1. The lowest BCUT2D eigenvalue weighted by atomic mass is 9.99. The average molecular weight is 373 g/mol. The number of hydrogen-bond acceptors (Lipinski definition) is 4. The third-order valence-electron chi connectivity index (χ3n) is 5.26. The lowest BCUT2D eigenvalue weighted by Gasteiger charge is -2.22. The summed E-state index contributed by atoms with van der Waals surface area (Å²) in [6.45, 7) is 1.54. The van der Waals surface area contributed by atoms with Crippen molar-refractivity contribution in [2.24, 2.45) is 11.8 Å². The Hall–Kier alpha value is -2.27. The lowest BCUT2D eigenvalue weighted by molar-refractivity contribution is -0.132. The van der Waals surface area contributed by atoms with Crippen LogP contribution < -0.4 is 9.47 Å². The van der Waals surface area contributed by atoms with Gasteiger partial charge in [0.1, 0.15) is 17.6 Å². The molecule has 1 aliphatic carbocycles. The van der Waals surface area contributed by atoms with E-state index in [1.54, 1.807) is 24.5 Å². The van der Waals surface area contributed by atoms with Crippen LogP contribution in [0.15, 0.2) is 48.8 Å². The molecule has 6 heteroatoms. The molecule has 1 aromatic heterocycles. The molecule has 26 heavy (non-hydrogen) atoms. The highest BCUT2D eigenvalue weighted by molar-refractivity contribution is 6.32. The summed E-state index contributed by atoms with van der Waals surface area (Å²) in [6, 6.07) is 11.1. The number of hydrogen-bond donors (Lipinski definition) is 0. The second-order valence-corrected chi connectivity index (χ2v) is 7.27. The molecule has 1 aliphatic heterocycles. The van der Waals surface area contributed by atoms with Crippen LogP contribution in [-0.4, -0.2) is 41.6 Å². The van der Waals surface area contributed by atoms with E-state index in [4.69, 9.17) is 21.1 Å². The van der Waals surface area contributed by atoms with Crippen molar-refractivity contribution in [3.8, 4) is 11.5 Å². The molecule has 0 bridgehead atoms. The number of carbonyl (C=O) groups is 1. The lowest BCUT2D eigenvalue weighted by Crippen LogP contribution is -2.35. The summed E-state index contributed by atoms with van der Waals surface area (Å²) >= 11 is 6.21. The molecule has 1 saturated heterocycles. The molecule has 0 N–H and O–H groups in total. The van der Waals surface area contributed by atoms with E-state index in [2.05, 4.69) is 4.98 Å². The standard InChI is InChI=1S/C20H21ClN2O3/c21-17-5-1-2-6-19(17)26-18-8-7-14-11-23(12-16(14)18)20(24)13-25-15-4-3-9-22-10-15/h1-6,9-10,14,16,18H,7-8,11-13H2/t14-,16+,18-/m0/s1. The number of likely N-dealkylation sites (tertiary alicyclic amines) is 1. The Morgan fingerprint density at radius 2 is 2.08 bits per heavy atom. The number of halogens is 1. The smallest absolute Gasteiger partial charge is 0.260 e. The van der Waals surface area contributed by atoms with Gasteiger partial charge in [0.05, 0.1) is 11.2 Å². The van der Waals surface area contributed by atoms with E-state index in [-0.39, 0.29) is 18.6 Å². The van der Waals surface area contributed by atoms with Crippen molar-refractivity contribution in [1.82, 2.24) is 9.88 Å². The van der Waals surface area contributed by atoms with Crippen molar-refractivity contribution in [2.45, 2.75) is 18.9 Å². The van der Waals surface area contributed by atoms with Crippen molar-refractivity contribution in [3.05, 3.63) is 53.8 Å². The van der Waals surface area contributed by atoms with Gasteiger partial charge >= 0.3 is 0 Å². The van der Waals surface area contributed by atoms with Crippen LogP contribution in [0.3, 0.4) is 0 Å². The Labute approximate surface area is 157 Å². The number of para-hydroxylation sites is 1. The second kappa shape index (κ2) is 7.54. The third kappa shape index (κ3) is 3.63. The van der Waals surface area contributed by atoms with Gasteiger partial charge in [0.25, 0.3) is 5.91 Å². The molecule has 5 nitrogen and oxygen atoms in total. The van der Waals surface area contributed by atoms with E-state index >= 15 is 0 Å². The van der Waals surface area contributed by atoms with Gasteiger partial charge in [0.15, 0.2) is 6.61 Å². The minimum atomic E-state index is 0.0137. The van der Waals surface area contributed by atoms with Gasteiger partial charge in [-0.3, -0.25) is 9.78 Å². The Kier molecular flexibility index (Phi) is 4.98. The SMILES string of the molecule is O=C(COc1cccnc1)N1C[C@@H]2CC[C@H](Oc3ccccc3Cl)[C@@H]2C1. The van der Waals surface area contributed by atoms with E-state index in [9.17, 15) is 4.79 Å². The topological polar surface area (TPSA) is 51.7 Å². The molecule has 2 heterocycles. The van der Waals surface area contributed by atoms with Crippen molar-refractivity contribution < 1.29 is 14.3 Å². The maximum atomic E-state index is 12.5. The molecule has 2 fully saturated rings. The zero-order chi connectivity index (χ0) is 17.9. The first-order valence-electron chi connectivity index (χ1n) is 8.92. The first-order chi connectivity index (χ1) is 12.7. The molecule has 1 aromatic carbocycles. The predicted molar refractivity (Wildman–Crippen MR) is 98.4 cm³/mol. The maximum absolute atomic E-state index is 12.5. The fourth-order valence-corrected chi connectivity index (χ4v) is 4.12. The van der Waals surface area contributed by atoms with Crippen molar-refractivity contribution in [2.75, 3.05) is 19.7 Å². The molecule has 1 amide bonds. The number of nitrogens with zero attached hydrogens (tertiary/aromatic N) is 2. The van der Waals surface area contributed by atoms with Crippen LogP contribution in [0.4, 0.5) is 0 Å². The highest BCUT2D eigenvalue weighted by atomic mass is 35.5. The second-order valence-electron chi connectivity index (χ2n) is 6.86. The van der Waals surface area contributed by atoms with Crippen molar-refractivity contribution in [3.63, 3.8) is 0 Å². The fraction of sp³-hybridized carbons (Fsp3) is 0.400. The minimum Gasteiger partial charge on any atom is -0.489 e. The molecule has 2 aliphatic rings. The molecule has 2 aromatic rings. The number of aromatic nitrogens is 1. The van der Waals surface area contributed by atoms with Gasteiger partial charge in [0, 0.05) is 25.2 Å². The summed E-state index contributed by atoms with van der Waals surface area (Å²) in [5.41, 5.74) is 0. The van der Waals surface area contributed by atoms with Crippen LogP contribution >= 0.6 is 11.6 Å². The molecule has 0 unspecified atom stereocenters. The number of amides is 1. The van der Waals surface area contributed by atoms with Crippen molar-refractivity contribution >= 4 is 17.5 Å². The summed E-state index contributed by atoms with van der Waals surface area (Å²) in [6.07, 6.45) is 5.48. The average Bonchev–Trinajstić information content (AvgIpc) is 3.24. The number of benzene rings is 1. The molecule has 3 atom stereocenters. The summed E-state index contributed by atoms with van der Waals surface area (Å²) < 4.78 is 11.7. The number of pyridine rings is 1. The maximum Gasteiger partial charge on any atom is 0.260 e. The first-order valence-corrected chi connectivity index (χ1v) is 9.30. The zero-order valence-electron chi connectivity index (χ0n) is 14.4. The van der Waals surface area contributed by atoms with E-state index in [0.717, 1.165) is 31.7 Å². The highest BCUT2D eigenvalue weighted by Gasteiger charge is 2.45. The summed E-state index contributed by atoms with van der Waals surface area (Å²) in [7, 11) is 0. The monoisotopic (exact) mass is 372 g/mol. The van der Waals surface area contributed by atoms with Gasteiger partial charge in [-0.25, -0.2) is 0 Å². The quantitative estimate of drug-likeness (QED) is 0.806. The number of ether oxygens (including phenoxy) is 2. The van der Waals surface area contributed by atoms with Gasteiger partial charge < -0.3 is 14.4 Å². The third-order valence-corrected chi connectivity index (χ3v) is 5.57. The van der Waals surface area contributed by atoms with E-state index in [0.29, 0.717) is 22.6 Å². The van der Waals surface area contributed by atoms with Crippen LogP contribution in [0.1, 0.15) is 12.8 Å². The molecule has 0 radical (unpaired) electrons. The Balaban J connectivity index is 1.34. The summed E-state index contributed by atoms with van der Waals surface area (Å²) in [5, 5.41) is 0.631. The van der Waals surface area contributed by atoms with Gasteiger partial charge in [-0.15, -0.1) is 0 Å². The molecule has 1 saturated carbocycles. The van der Waals surface area contributed by atoms with Crippen molar-refractivity contribution in [1.29, 1.82) is 0 Å². The van der Waals surface area contributed by atoms with Gasteiger partial charge in [-0.1, -0.05) is 23.7 Å². The minimum absolute atomic E-state index is 0.0137. The fourth-order valence-electron chi connectivity index (χ4n) is 3.94. The van der Waals surface area contributed by atoms with Gasteiger partial charge in [0.2, 0.25) is 0 Å². The molecular weight excluding hydrogens is 352 g/mol. The number of fused-ring (bicyclic) bond motifs is 1. The van der Waals surface area contributed by atoms with E-state index in [1.807, 2.05) is 29.2 Å². The zero-order valence-corrected chi connectivity index (χ0v) is 15.1. The van der Waals surface area contributed by atoms with Crippen LogP contribution in [-0.2, 0) is 4.79 Å². The molecular formula is C20H21ClN2O3. The largest absolute Gasteiger partial charge is 0.489 e. The van der Waals surface area contributed by atoms with E-state index < -0.39 is 0 Å².